The predicted octanol–water partition coefficient (Wildman–Crippen LogP) is 3.57. The van der Waals surface area contributed by atoms with Gasteiger partial charge in [0.15, 0.2) is 0 Å². The standard InChI is InChI=1S/C20H22O/c1-20(21)18-10-14-6-2-3-7-15(14)11-19(20)13-17-9-5-4-8-16(17)12-18/h2-9,18-19,21H,10-13H2,1H3. The van der Waals surface area contributed by atoms with Gasteiger partial charge in [-0.25, -0.2) is 0 Å². The largest absolute Gasteiger partial charge is 0.390 e. The van der Waals surface area contributed by atoms with Crippen LogP contribution in [0.25, 0.3) is 0 Å². The van der Waals surface area contributed by atoms with E-state index in [1.807, 2.05) is 0 Å². The minimum atomic E-state index is -0.585. The third kappa shape index (κ3) is 2.11. The van der Waals surface area contributed by atoms with Crippen LogP contribution in [0, 0.1) is 11.8 Å². The smallest absolute Gasteiger partial charge is 0.0688 e. The summed E-state index contributed by atoms with van der Waals surface area (Å²) in [5.41, 5.74) is 5.15. The first kappa shape index (κ1) is 13.1. The second kappa shape index (κ2) is 4.71. The van der Waals surface area contributed by atoms with Crippen molar-refractivity contribution in [2.45, 2.75) is 38.2 Å². The first-order valence-electron chi connectivity index (χ1n) is 8.00. The zero-order chi connectivity index (χ0) is 14.4. The maximum absolute atomic E-state index is 11.3. The van der Waals surface area contributed by atoms with Crippen molar-refractivity contribution < 1.29 is 5.11 Å². The van der Waals surface area contributed by atoms with Gasteiger partial charge in [0.25, 0.3) is 0 Å². The summed E-state index contributed by atoms with van der Waals surface area (Å²) >= 11 is 0. The number of fused-ring (bicyclic) bond motifs is 4. The summed E-state index contributed by atoms with van der Waals surface area (Å²) in [6.07, 6.45) is 3.98. The molecule has 2 bridgehead atoms. The third-order valence-electron chi connectivity index (χ3n) is 5.76. The molecule has 0 aliphatic heterocycles. The van der Waals surface area contributed by atoms with E-state index in [-0.39, 0.29) is 0 Å². The highest BCUT2D eigenvalue weighted by Gasteiger charge is 2.44. The molecule has 0 atom stereocenters. The van der Waals surface area contributed by atoms with Crippen LogP contribution in [0.3, 0.4) is 0 Å². The minimum Gasteiger partial charge on any atom is -0.390 e. The molecule has 0 amide bonds. The van der Waals surface area contributed by atoms with Crippen LogP contribution in [0.15, 0.2) is 48.5 Å². The van der Waals surface area contributed by atoms with Crippen LogP contribution in [0.5, 0.6) is 0 Å². The monoisotopic (exact) mass is 278 g/mol. The quantitative estimate of drug-likeness (QED) is 0.781. The van der Waals surface area contributed by atoms with Crippen LogP contribution in [0.2, 0.25) is 0 Å². The Morgan fingerprint density at radius 3 is 1.29 bits per heavy atom. The van der Waals surface area contributed by atoms with Gasteiger partial charge in [-0.1, -0.05) is 48.5 Å². The van der Waals surface area contributed by atoms with Crippen molar-refractivity contribution in [3.05, 3.63) is 70.8 Å². The Labute approximate surface area is 126 Å². The molecule has 2 aromatic carbocycles. The minimum absolute atomic E-state index is 0.315. The SMILES string of the molecule is CC1(O)C2Cc3ccccc3CC1Cc1ccccc1C2. The third-order valence-corrected chi connectivity index (χ3v) is 5.76. The number of hydrogen-bond donors (Lipinski definition) is 1. The van der Waals surface area contributed by atoms with Crippen molar-refractivity contribution in [2.24, 2.45) is 11.8 Å². The second-order valence-electron chi connectivity index (χ2n) is 6.97. The normalized spacial score (nSPS) is 30.8. The van der Waals surface area contributed by atoms with Gasteiger partial charge in [0.2, 0.25) is 0 Å². The summed E-state index contributed by atoms with van der Waals surface area (Å²) in [6.45, 7) is 2.07. The molecular formula is C20H22O. The summed E-state index contributed by atoms with van der Waals surface area (Å²) in [6, 6.07) is 17.5. The molecule has 0 radical (unpaired) electrons. The van der Waals surface area contributed by atoms with Gasteiger partial charge in [-0.2, -0.15) is 0 Å². The van der Waals surface area contributed by atoms with Gasteiger partial charge in [-0.15, -0.1) is 0 Å². The molecule has 0 spiro atoms. The maximum Gasteiger partial charge on any atom is 0.0688 e. The lowest BCUT2D eigenvalue weighted by atomic mass is 9.75. The Morgan fingerprint density at radius 2 is 1.00 bits per heavy atom. The average Bonchev–Trinajstić information content (AvgIpc) is 2.65. The molecule has 0 unspecified atom stereocenters. The second-order valence-corrected chi connectivity index (χ2v) is 6.97. The zero-order valence-corrected chi connectivity index (χ0v) is 12.5. The van der Waals surface area contributed by atoms with E-state index < -0.39 is 5.60 Å². The molecular weight excluding hydrogens is 256 g/mol. The summed E-state index contributed by atoms with van der Waals surface area (Å²) in [5, 5.41) is 11.3. The molecule has 1 N–H and O–H groups in total. The van der Waals surface area contributed by atoms with Crippen LogP contribution >= 0.6 is 0 Å². The summed E-state index contributed by atoms with van der Waals surface area (Å²) in [5.74, 6) is 0.629. The molecule has 2 aromatic rings. The first-order chi connectivity index (χ1) is 10.1. The van der Waals surface area contributed by atoms with Crippen molar-refractivity contribution in [3.8, 4) is 0 Å². The number of hydrogen-bond acceptors (Lipinski definition) is 1. The van der Waals surface area contributed by atoms with Crippen LogP contribution < -0.4 is 0 Å². The van der Waals surface area contributed by atoms with E-state index in [4.69, 9.17) is 0 Å². The lowest BCUT2D eigenvalue weighted by Crippen LogP contribution is -2.43. The van der Waals surface area contributed by atoms with Crippen LogP contribution in [0.4, 0.5) is 0 Å². The lowest BCUT2D eigenvalue weighted by molar-refractivity contribution is -0.0474. The Balaban J connectivity index is 1.83. The molecule has 4 rings (SSSR count). The highest BCUT2D eigenvalue weighted by atomic mass is 16.3. The summed E-state index contributed by atoms with van der Waals surface area (Å²) < 4.78 is 0. The van der Waals surface area contributed by atoms with Crippen LogP contribution in [-0.2, 0) is 25.7 Å². The molecule has 0 aromatic heterocycles. The van der Waals surface area contributed by atoms with E-state index in [1.54, 1.807) is 0 Å². The van der Waals surface area contributed by atoms with E-state index in [0.29, 0.717) is 11.8 Å². The van der Waals surface area contributed by atoms with Crippen molar-refractivity contribution >= 4 is 0 Å². The molecule has 0 heterocycles. The number of rotatable bonds is 0. The summed E-state index contributed by atoms with van der Waals surface area (Å²) in [7, 11) is 0. The van der Waals surface area contributed by atoms with E-state index in [2.05, 4.69) is 55.5 Å². The maximum atomic E-state index is 11.3. The van der Waals surface area contributed by atoms with E-state index >= 15 is 0 Å². The van der Waals surface area contributed by atoms with Crippen molar-refractivity contribution in [2.75, 3.05) is 0 Å². The Morgan fingerprint density at radius 1 is 0.714 bits per heavy atom. The molecule has 2 aliphatic rings. The molecule has 0 saturated heterocycles. The lowest BCUT2D eigenvalue weighted by Gasteiger charge is -2.36. The number of aliphatic hydroxyl groups is 1. The van der Waals surface area contributed by atoms with Crippen LogP contribution in [-0.4, -0.2) is 10.7 Å². The topological polar surface area (TPSA) is 20.2 Å². The van der Waals surface area contributed by atoms with Gasteiger partial charge < -0.3 is 5.11 Å². The van der Waals surface area contributed by atoms with Gasteiger partial charge in [-0.3, -0.25) is 0 Å². The average molecular weight is 278 g/mol. The van der Waals surface area contributed by atoms with Gasteiger partial charge in [0.1, 0.15) is 0 Å². The van der Waals surface area contributed by atoms with Crippen molar-refractivity contribution in [3.63, 3.8) is 0 Å². The molecule has 0 fully saturated rings. The predicted molar refractivity (Wildman–Crippen MR) is 85.3 cm³/mol. The molecule has 1 heteroatoms. The molecule has 0 saturated carbocycles. The molecule has 108 valence electrons. The fourth-order valence-electron chi connectivity index (χ4n) is 4.28. The zero-order valence-electron chi connectivity index (χ0n) is 12.5. The van der Waals surface area contributed by atoms with Crippen molar-refractivity contribution in [1.82, 2.24) is 0 Å². The molecule has 21 heavy (non-hydrogen) atoms. The van der Waals surface area contributed by atoms with Crippen LogP contribution in [0.1, 0.15) is 29.2 Å². The van der Waals surface area contributed by atoms with Gasteiger partial charge in [0.05, 0.1) is 5.60 Å². The van der Waals surface area contributed by atoms with E-state index in [0.717, 1.165) is 25.7 Å². The highest BCUT2D eigenvalue weighted by Crippen LogP contribution is 2.42. The summed E-state index contributed by atoms with van der Waals surface area (Å²) in [4.78, 5) is 0. The van der Waals surface area contributed by atoms with Gasteiger partial charge in [0, 0.05) is 0 Å². The van der Waals surface area contributed by atoms with Gasteiger partial charge in [-0.05, 0) is 66.7 Å². The van der Waals surface area contributed by atoms with Crippen molar-refractivity contribution in [1.29, 1.82) is 0 Å². The number of benzene rings is 2. The van der Waals surface area contributed by atoms with E-state index in [9.17, 15) is 5.11 Å². The molecule has 2 aliphatic carbocycles. The fraction of sp³-hybridized carbons (Fsp3) is 0.400. The first-order valence-corrected chi connectivity index (χ1v) is 8.00. The van der Waals surface area contributed by atoms with Gasteiger partial charge >= 0.3 is 0 Å². The molecule has 1 nitrogen and oxygen atoms in total. The Kier molecular flexibility index (Phi) is 2.93. The highest BCUT2D eigenvalue weighted by molar-refractivity contribution is 5.36. The van der Waals surface area contributed by atoms with E-state index in [1.165, 1.54) is 22.3 Å². The fourth-order valence-corrected chi connectivity index (χ4v) is 4.28. The Bertz CT molecular complexity index is 564. The Hall–Kier alpha value is -1.60.